The molecule has 6 nitrogen and oxygen atoms in total. The quantitative estimate of drug-likeness (QED) is 0.786. The molecule has 2 heterocycles. The lowest BCUT2D eigenvalue weighted by molar-refractivity contribution is 0.0753. The van der Waals surface area contributed by atoms with Crippen LogP contribution in [0.5, 0.6) is 0 Å². The number of aryl methyl sites for hydroxylation is 1. The number of H-pyrrole nitrogens is 1. The largest absolute Gasteiger partial charge is 0.339 e. The van der Waals surface area contributed by atoms with Crippen LogP contribution < -0.4 is 5.32 Å². The van der Waals surface area contributed by atoms with Crippen molar-refractivity contribution in [3.8, 4) is 0 Å². The van der Waals surface area contributed by atoms with Gasteiger partial charge < -0.3 is 10.2 Å². The van der Waals surface area contributed by atoms with Gasteiger partial charge >= 0.3 is 0 Å². The fourth-order valence-electron chi connectivity index (χ4n) is 2.16. The number of rotatable bonds is 3. The van der Waals surface area contributed by atoms with Crippen LogP contribution in [-0.4, -0.2) is 52.7 Å². The molecule has 1 fully saturated rings. The Kier molecular flexibility index (Phi) is 3.73. The van der Waals surface area contributed by atoms with E-state index in [0.29, 0.717) is 11.7 Å². The summed E-state index contributed by atoms with van der Waals surface area (Å²) in [7, 11) is 1.81. The van der Waals surface area contributed by atoms with E-state index in [9.17, 15) is 4.79 Å². The number of carbonyl (C=O) groups excluding carboxylic acids is 1. The molecule has 0 spiro atoms. The molecule has 1 amide bonds. The summed E-state index contributed by atoms with van der Waals surface area (Å²) < 4.78 is 0. The van der Waals surface area contributed by atoms with Gasteiger partial charge in [0.25, 0.3) is 5.91 Å². The summed E-state index contributed by atoms with van der Waals surface area (Å²) in [5, 5.41) is 9.92. The van der Waals surface area contributed by atoms with E-state index < -0.39 is 0 Å². The molecule has 2 N–H and O–H groups in total. The predicted octanol–water partition coefficient (Wildman–Crippen LogP) is 0.185. The highest BCUT2D eigenvalue weighted by atomic mass is 16.2. The number of piperidine rings is 1. The van der Waals surface area contributed by atoms with Gasteiger partial charge in [-0.15, -0.1) is 5.10 Å². The van der Waals surface area contributed by atoms with E-state index in [0.717, 1.165) is 19.6 Å². The van der Waals surface area contributed by atoms with Crippen molar-refractivity contribution in [3.63, 3.8) is 0 Å². The van der Waals surface area contributed by atoms with Crippen molar-refractivity contribution in [2.75, 3.05) is 26.7 Å². The number of aromatic amines is 1. The van der Waals surface area contributed by atoms with Crippen molar-refractivity contribution in [1.82, 2.24) is 25.4 Å². The monoisotopic (exact) mass is 237 g/mol. The Morgan fingerprint density at radius 1 is 1.59 bits per heavy atom. The van der Waals surface area contributed by atoms with E-state index in [2.05, 4.69) is 20.5 Å². The lowest BCUT2D eigenvalue weighted by atomic mass is 9.99. The second-order valence-electron chi connectivity index (χ2n) is 4.64. The topological polar surface area (TPSA) is 73.9 Å². The molecule has 6 heteroatoms. The van der Waals surface area contributed by atoms with Gasteiger partial charge in [0.05, 0.1) is 0 Å². The third-order valence-electron chi connectivity index (χ3n) is 3.07. The van der Waals surface area contributed by atoms with Crippen LogP contribution in [0.25, 0.3) is 0 Å². The van der Waals surface area contributed by atoms with Crippen molar-refractivity contribution in [2.45, 2.75) is 19.8 Å². The lowest BCUT2D eigenvalue weighted by Gasteiger charge is -2.27. The molecule has 1 unspecified atom stereocenters. The van der Waals surface area contributed by atoms with Gasteiger partial charge in [0, 0.05) is 13.6 Å². The normalized spacial score (nSPS) is 20.2. The summed E-state index contributed by atoms with van der Waals surface area (Å²) in [4.78, 5) is 17.8. The molecular weight excluding hydrogens is 218 g/mol. The molecule has 0 aliphatic carbocycles. The van der Waals surface area contributed by atoms with Crippen LogP contribution >= 0.6 is 0 Å². The number of carbonyl (C=O) groups is 1. The van der Waals surface area contributed by atoms with E-state index in [-0.39, 0.29) is 11.7 Å². The third-order valence-corrected chi connectivity index (χ3v) is 3.07. The van der Waals surface area contributed by atoms with E-state index in [4.69, 9.17) is 0 Å². The number of hydrogen-bond donors (Lipinski definition) is 2. The molecule has 94 valence electrons. The highest BCUT2D eigenvalue weighted by molar-refractivity contribution is 5.90. The molecule has 1 saturated heterocycles. The zero-order valence-corrected chi connectivity index (χ0v) is 10.4. The summed E-state index contributed by atoms with van der Waals surface area (Å²) in [5.74, 6) is 1.35. The maximum absolute atomic E-state index is 12.0. The second-order valence-corrected chi connectivity index (χ2v) is 4.64. The molecule has 0 aromatic carbocycles. The van der Waals surface area contributed by atoms with Crippen molar-refractivity contribution < 1.29 is 4.79 Å². The summed E-state index contributed by atoms with van der Waals surface area (Å²) >= 11 is 0. The minimum atomic E-state index is -0.111. The molecule has 2 rings (SSSR count). The van der Waals surface area contributed by atoms with E-state index in [1.807, 2.05) is 7.05 Å². The zero-order valence-electron chi connectivity index (χ0n) is 10.4. The molecule has 0 radical (unpaired) electrons. The van der Waals surface area contributed by atoms with Crippen molar-refractivity contribution >= 4 is 5.91 Å². The molecule has 1 aromatic rings. The van der Waals surface area contributed by atoms with Crippen LogP contribution in [0.2, 0.25) is 0 Å². The molecule has 17 heavy (non-hydrogen) atoms. The van der Waals surface area contributed by atoms with E-state index in [1.54, 1.807) is 11.8 Å². The summed E-state index contributed by atoms with van der Waals surface area (Å²) in [5.41, 5.74) is 0. The van der Waals surface area contributed by atoms with Crippen molar-refractivity contribution in [2.24, 2.45) is 5.92 Å². The van der Waals surface area contributed by atoms with Gasteiger partial charge in [0.1, 0.15) is 5.82 Å². The fourth-order valence-corrected chi connectivity index (χ4v) is 2.16. The Morgan fingerprint density at radius 3 is 3.00 bits per heavy atom. The highest BCUT2D eigenvalue weighted by Gasteiger charge is 2.21. The first-order valence-corrected chi connectivity index (χ1v) is 6.02. The van der Waals surface area contributed by atoms with Gasteiger partial charge in [-0.1, -0.05) is 0 Å². The van der Waals surface area contributed by atoms with Crippen LogP contribution in [0, 0.1) is 12.8 Å². The Hall–Kier alpha value is -1.43. The smallest absolute Gasteiger partial charge is 0.293 e. The summed E-state index contributed by atoms with van der Waals surface area (Å²) in [6, 6.07) is 0. The van der Waals surface area contributed by atoms with E-state index in [1.165, 1.54) is 12.8 Å². The number of nitrogens with one attached hydrogen (secondary N) is 2. The molecule has 0 saturated carbocycles. The summed E-state index contributed by atoms with van der Waals surface area (Å²) in [6.45, 7) is 4.63. The highest BCUT2D eigenvalue weighted by Crippen LogP contribution is 2.11. The Bertz CT molecular complexity index is 383. The van der Waals surface area contributed by atoms with Gasteiger partial charge in [-0.3, -0.25) is 9.89 Å². The minimum Gasteiger partial charge on any atom is -0.339 e. The second kappa shape index (κ2) is 5.27. The lowest BCUT2D eigenvalue weighted by Crippen LogP contribution is -2.39. The number of aromatic nitrogens is 3. The zero-order chi connectivity index (χ0) is 12.3. The fraction of sp³-hybridized carbons (Fsp3) is 0.727. The van der Waals surface area contributed by atoms with Crippen molar-refractivity contribution in [1.29, 1.82) is 0 Å². The first-order valence-electron chi connectivity index (χ1n) is 6.02. The number of hydrogen-bond acceptors (Lipinski definition) is 4. The molecule has 0 bridgehead atoms. The average Bonchev–Trinajstić information content (AvgIpc) is 2.76. The average molecular weight is 237 g/mol. The van der Waals surface area contributed by atoms with Crippen molar-refractivity contribution in [3.05, 3.63) is 11.6 Å². The van der Waals surface area contributed by atoms with Crippen LogP contribution in [-0.2, 0) is 0 Å². The van der Waals surface area contributed by atoms with Gasteiger partial charge in [-0.05, 0) is 38.8 Å². The molecule has 1 aliphatic heterocycles. The van der Waals surface area contributed by atoms with Gasteiger partial charge in [-0.2, -0.15) is 0 Å². The first-order chi connectivity index (χ1) is 8.16. The molecular formula is C11H19N5O. The minimum absolute atomic E-state index is 0.111. The third kappa shape index (κ3) is 3.03. The number of amides is 1. The van der Waals surface area contributed by atoms with Crippen LogP contribution in [0.4, 0.5) is 0 Å². The van der Waals surface area contributed by atoms with Crippen LogP contribution in [0.1, 0.15) is 29.3 Å². The first kappa shape index (κ1) is 12.0. The molecule has 1 aliphatic rings. The maximum atomic E-state index is 12.0. The molecule has 1 atom stereocenters. The van der Waals surface area contributed by atoms with Gasteiger partial charge in [0.15, 0.2) is 0 Å². The van der Waals surface area contributed by atoms with Gasteiger partial charge in [0.2, 0.25) is 5.82 Å². The van der Waals surface area contributed by atoms with E-state index >= 15 is 0 Å². The standard InChI is InChI=1S/C11H19N5O/c1-8-13-10(15-14-8)11(17)16(2)7-9-4-3-5-12-6-9/h9,12H,3-7H2,1-2H3,(H,13,14,15). The summed E-state index contributed by atoms with van der Waals surface area (Å²) in [6.07, 6.45) is 2.37. The number of nitrogens with zero attached hydrogens (tertiary/aromatic N) is 3. The Balaban J connectivity index is 1.90. The predicted molar refractivity (Wildman–Crippen MR) is 63.7 cm³/mol. The van der Waals surface area contributed by atoms with Gasteiger partial charge in [-0.25, -0.2) is 4.98 Å². The Labute approximate surface area is 101 Å². The SMILES string of the molecule is Cc1nc(C(=O)N(C)CC2CCCNC2)n[nH]1. The van der Waals surface area contributed by atoms with Crippen LogP contribution in [0.3, 0.4) is 0 Å². The Morgan fingerprint density at radius 2 is 2.41 bits per heavy atom. The maximum Gasteiger partial charge on any atom is 0.293 e. The van der Waals surface area contributed by atoms with Crippen LogP contribution in [0.15, 0.2) is 0 Å². The molecule has 1 aromatic heterocycles.